The molecule has 96 valence electrons. The smallest absolute Gasteiger partial charge is 0.179 e. The summed E-state index contributed by atoms with van der Waals surface area (Å²) in [5.74, 6) is 0. The first-order chi connectivity index (χ1) is 7.89. The van der Waals surface area contributed by atoms with Gasteiger partial charge < -0.3 is 15.5 Å². The van der Waals surface area contributed by atoms with Crippen LogP contribution in [0.4, 0.5) is 11.4 Å². The molecule has 0 fully saturated rings. The fraction of sp³-hybridized carbons (Fsp3) is 0.538. The number of anilines is 2. The lowest BCUT2D eigenvalue weighted by molar-refractivity contribution is 0.320. The molecular formula is C13H24N2OSi. The van der Waals surface area contributed by atoms with Crippen LogP contribution in [0.5, 0.6) is 0 Å². The number of benzene rings is 1. The summed E-state index contributed by atoms with van der Waals surface area (Å²) in [5, 5.41) is 3.65. The predicted molar refractivity (Wildman–Crippen MR) is 78.0 cm³/mol. The van der Waals surface area contributed by atoms with Gasteiger partial charge in [0, 0.05) is 17.9 Å². The minimum atomic E-state index is -1.08. The highest BCUT2D eigenvalue weighted by Crippen LogP contribution is 2.26. The van der Waals surface area contributed by atoms with Gasteiger partial charge in [0.25, 0.3) is 0 Å². The van der Waals surface area contributed by atoms with Gasteiger partial charge in [0.2, 0.25) is 0 Å². The Bertz CT molecular complexity index is 332. The van der Waals surface area contributed by atoms with Crippen molar-refractivity contribution < 1.29 is 4.43 Å². The molecule has 0 bridgehead atoms. The first-order valence-corrected chi connectivity index (χ1v) is 8.31. The summed E-state index contributed by atoms with van der Waals surface area (Å²) in [6, 6.07) is 7.77. The van der Waals surface area contributed by atoms with Crippen molar-refractivity contribution in [3.05, 3.63) is 24.3 Å². The van der Waals surface area contributed by atoms with Crippen LogP contribution in [0.3, 0.4) is 0 Å². The van der Waals surface area contributed by atoms with E-state index in [0.29, 0.717) is 5.04 Å². The lowest BCUT2D eigenvalue weighted by Crippen LogP contribution is -2.28. The Labute approximate surface area is 106 Å². The molecule has 3 nitrogen and oxygen atoms in total. The first-order valence-electron chi connectivity index (χ1n) is 6.10. The van der Waals surface area contributed by atoms with Crippen molar-refractivity contribution in [2.24, 2.45) is 0 Å². The molecule has 17 heavy (non-hydrogen) atoms. The molecule has 4 heteroatoms. The van der Waals surface area contributed by atoms with Crippen LogP contribution in [-0.2, 0) is 4.43 Å². The molecule has 0 saturated heterocycles. The van der Waals surface area contributed by atoms with Crippen LogP contribution >= 0.6 is 0 Å². The van der Waals surface area contributed by atoms with E-state index in [1.165, 1.54) is 0 Å². The molecule has 0 saturated carbocycles. The Balaban J connectivity index is 2.23. The van der Waals surface area contributed by atoms with Gasteiger partial charge in [-0.2, -0.15) is 0 Å². The predicted octanol–water partition coefficient (Wildman–Crippen LogP) is 2.85. The summed E-state index contributed by atoms with van der Waals surface area (Å²) >= 11 is 0. The van der Waals surface area contributed by atoms with Crippen molar-refractivity contribution in [1.29, 1.82) is 0 Å². The molecule has 0 aliphatic heterocycles. The average Bonchev–Trinajstić information content (AvgIpc) is 2.25. The Morgan fingerprint density at radius 2 is 1.82 bits per heavy atom. The van der Waals surface area contributed by atoms with Crippen molar-refractivity contribution in [1.82, 2.24) is 0 Å². The fourth-order valence-corrected chi connectivity index (χ4v) is 2.25. The molecule has 1 aromatic rings. The van der Waals surface area contributed by atoms with Gasteiger partial charge in [0.05, 0.1) is 6.61 Å². The second-order valence-electron chi connectivity index (χ2n) is 5.43. The van der Waals surface area contributed by atoms with Crippen molar-refractivity contribution >= 4 is 20.4 Å². The fourth-order valence-electron chi connectivity index (χ4n) is 1.28. The van der Waals surface area contributed by atoms with E-state index in [1.54, 1.807) is 0 Å². The Kier molecular flexibility index (Phi) is 5.02. The number of hydrogen-bond acceptors (Lipinski definition) is 3. The lowest BCUT2D eigenvalue weighted by atomic mass is 10.3. The van der Waals surface area contributed by atoms with Crippen LogP contribution in [0.25, 0.3) is 0 Å². The van der Waals surface area contributed by atoms with Gasteiger partial charge >= 0.3 is 0 Å². The largest absolute Gasteiger partial charge is 0.418 e. The maximum atomic E-state index is 5.90. The van der Waals surface area contributed by atoms with Gasteiger partial charge in [-0.05, 0) is 35.9 Å². The van der Waals surface area contributed by atoms with E-state index in [2.05, 4.69) is 32.6 Å². The van der Waals surface area contributed by atoms with Crippen molar-refractivity contribution in [2.45, 2.75) is 32.4 Å². The Morgan fingerprint density at radius 3 is 2.35 bits per heavy atom. The zero-order chi connectivity index (χ0) is 12.9. The highest BCUT2D eigenvalue weighted by Gasteiger charge is 2.22. The van der Waals surface area contributed by atoms with E-state index in [4.69, 9.17) is 10.2 Å². The second-order valence-corrected chi connectivity index (χ2v) is 8.78. The molecule has 0 aliphatic rings. The third-order valence-corrected chi connectivity index (χ3v) is 6.10. The van der Waals surface area contributed by atoms with Gasteiger partial charge in [-0.15, -0.1) is 0 Å². The molecule has 1 unspecified atom stereocenters. The van der Waals surface area contributed by atoms with Crippen LogP contribution in [-0.4, -0.2) is 22.2 Å². The third kappa shape index (κ3) is 5.24. The Hall–Kier alpha value is -1.00. The van der Waals surface area contributed by atoms with E-state index in [-0.39, 0.29) is 0 Å². The topological polar surface area (TPSA) is 47.3 Å². The highest BCUT2D eigenvalue weighted by molar-refractivity contribution is 6.53. The van der Waals surface area contributed by atoms with Gasteiger partial charge in [0.15, 0.2) is 9.04 Å². The number of nitrogens with one attached hydrogen (secondary N) is 1. The van der Waals surface area contributed by atoms with Crippen LogP contribution in [0, 0.1) is 0 Å². The molecule has 0 radical (unpaired) electrons. The summed E-state index contributed by atoms with van der Waals surface area (Å²) < 4.78 is 5.90. The van der Waals surface area contributed by atoms with E-state index < -0.39 is 9.04 Å². The third-order valence-electron chi connectivity index (χ3n) is 2.93. The summed E-state index contributed by atoms with van der Waals surface area (Å²) in [7, 11) is -1.08. The molecule has 0 heterocycles. The van der Waals surface area contributed by atoms with Gasteiger partial charge in [0.1, 0.15) is 0 Å². The van der Waals surface area contributed by atoms with E-state index >= 15 is 0 Å². The normalized spacial score (nSPS) is 13.4. The molecule has 0 spiro atoms. The van der Waals surface area contributed by atoms with Crippen molar-refractivity contribution in [3.63, 3.8) is 0 Å². The van der Waals surface area contributed by atoms with Crippen LogP contribution in [0.1, 0.15) is 20.8 Å². The quantitative estimate of drug-likeness (QED) is 0.481. The molecule has 1 rings (SSSR count). The lowest BCUT2D eigenvalue weighted by Gasteiger charge is -2.25. The van der Waals surface area contributed by atoms with Crippen LogP contribution < -0.4 is 11.1 Å². The van der Waals surface area contributed by atoms with E-state index in [0.717, 1.165) is 24.5 Å². The molecule has 0 aromatic heterocycles. The van der Waals surface area contributed by atoms with Crippen molar-refractivity contribution in [3.8, 4) is 0 Å². The SMILES string of the molecule is C[SiH](OCCNc1ccc(N)cc1)C(C)(C)C. The summed E-state index contributed by atoms with van der Waals surface area (Å²) in [6.45, 7) is 10.6. The maximum absolute atomic E-state index is 5.90. The second kappa shape index (κ2) is 6.07. The minimum absolute atomic E-state index is 0.335. The molecule has 1 aromatic carbocycles. The Morgan fingerprint density at radius 1 is 1.24 bits per heavy atom. The van der Waals surface area contributed by atoms with Crippen LogP contribution in [0.15, 0.2) is 24.3 Å². The molecule has 1 atom stereocenters. The van der Waals surface area contributed by atoms with Crippen LogP contribution in [0.2, 0.25) is 11.6 Å². The summed E-state index contributed by atoms with van der Waals surface area (Å²) in [5.41, 5.74) is 7.50. The number of nitrogens with two attached hydrogens (primary N) is 1. The van der Waals surface area contributed by atoms with E-state index in [9.17, 15) is 0 Å². The average molecular weight is 252 g/mol. The number of rotatable bonds is 5. The zero-order valence-corrected chi connectivity index (χ0v) is 12.4. The van der Waals surface area contributed by atoms with E-state index in [1.807, 2.05) is 24.3 Å². The molecule has 3 N–H and O–H groups in total. The summed E-state index contributed by atoms with van der Waals surface area (Å²) in [4.78, 5) is 0. The highest BCUT2D eigenvalue weighted by atomic mass is 28.3. The zero-order valence-electron chi connectivity index (χ0n) is 11.3. The first kappa shape index (κ1) is 14.1. The number of hydrogen-bond donors (Lipinski definition) is 2. The maximum Gasteiger partial charge on any atom is 0.179 e. The van der Waals surface area contributed by atoms with Crippen molar-refractivity contribution in [2.75, 3.05) is 24.2 Å². The van der Waals surface area contributed by atoms with Gasteiger partial charge in [-0.1, -0.05) is 20.8 Å². The standard InChI is InChI=1S/C13H24N2OSi/c1-13(2,3)17(4)16-10-9-15-12-7-5-11(14)6-8-12/h5-8,15,17H,9-10,14H2,1-4H3. The molecular weight excluding hydrogens is 228 g/mol. The summed E-state index contributed by atoms with van der Waals surface area (Å²) in [6.07, 6.45) is 0. The monoisotopic (exact) mass is 252 g/mol. The molecule has 0 amide bonds. The van der Waals surface area contributed by atoms with Gasteiger partial charge in [-0.25, -0.2) is 0 Å². The minimum Gasteiger partial charge on any atom is -0.418 e. The number of nitrogen functional groups attached to an aromatic ring is 1. The molecule has 0 aliphatic carbocycles. The van der Waals surface area contributed by atoms with Gasteiger partial charge in [-0.3, -0.25) is 0 Å².